The Balaban J connectivity index is 1.25. The molecule has 5 fully saturated rings. The lowest BCUT2D eigenvalue weighted by atomic mass is 9.53. The molecule has 156 valence electrons. The molecule has 2 amide bonds. The highest BCUT2D eigenvalue weighted by Gasteiger charge is 2.51. The summed E-state index contributed by atoms with van der Waals surface area (Å²) in [6.07, 6.45) is 7.38. The van der Waals surface area contributed by atoms with Gasteiger partial charge in [0.1, 0.15) is 5.75 Å². The van der Waals surface area contributed by atoms with Crippen molar-refractivity contribution < 1.29 is 19.1 Å². The monoisotopic (exact) mass is 398 g/mol. The van der Waals surface area contributed by atoms with Crippen LogP contribution in [0.25, 0.3) is 0 Å². The van der Waals surface area contributed by atoms with Crippen LogP contribution in [0.2, 0.25) is 0 Å². The van der Waals surface area contributed by atoms with Gasteiger partial charge in [-0.1, -0.05) is 12.1 Å². The fourth-order valence-corrected chi connectivity index (χ4v) is 6.40. The van der Waals surface area contributed by atoms with Gasteiger partial charge in [-0.2, -0.15) is 0 Å². The Hall–Kier alpha value is -2.08. The fraction of sp³-hybridized carbons (Fsp3) is 0.652. The summed E-state index contributed by atoms with van der Waals surface area (Å²) in [7, 11) is 0. The molecule has 0 radical (unpaired) electrons. The summed E-state index contributed by atoms with van der Waals surface area (Å²) < 4.78 is 11.1. The van der Waals surface area contributed by atoms with Gasteiger partial charge in [0.05, 0.1) is 18.8 Å². The molecular weight excluding hydrogens is 368 g/mol. The Morgan fingerprint density at radius 1 is 1.03 bits per heavy atom. The Bertz CT molecular complexity index is 752. The van der Waals surface area contributed by atoms with E-state index in [1.54, 1.807) is 17.0 Å². The molecule has 4 saturated carbocycles. The first-order valence-corrected chi connectivity index (χ1v) is 11.0. The second-order valence-electron chi connectivity index (χ2n) is 9.43. The molecule has 1 aromatic rings. The van der Waals surface area contributed by atoms with Crippen LogP contribution in [0.15, 0.2) is 24.3 Å². The molecule has 1 N–H and O–H groups in total. The minimum atomic E-state index is -0.0682. The zero-order chi connectivity index (χ0) is 19.8. The number of nitrogens with one attached hydrogen (secondary N) is 1. The van der Waals surface area contributed by atoms with Gasteiger partial charge in [-0.3, -0.25) is 9.59 Å². The summed E-state index contributed by atoms with van der Waals surface area (Å²) in [5, 5.41) is 3.40. The van der Waals surface area contributed by atoms with E-state index in [2.05, 4.69) is 5.32 Å². The Morgan fingerprint density at radius 2 is 1.66 bits per heavy atom. The molecule has 5 aliphatic rings. The van der Waals surface area contributed by atoms with Crippen LogP contribution in [0.1, 0.15) is 48.9 Å². The van der Waals surface area contributed by atoms with E-state index in [1.165, 1.54) is 19.3 Å². The summed E-state index contributed by atoms with van der Waals surface area (Å²) in [6, 6.07) is 7.27. The van der Waals surface area contributed by atoms with Gasteiger partial charge in [-0.25, -0.2) is 0 Å². The number of benzene rings is 1. The van der Waals surface area contributed by atoms with Crippen LogP contribution in [0.3, 0.4) is 0 Å². The summed E-state index contributed by atoms with van der Waals surface area (Å²) in [4.78, 5) is 27.3. The van der Waals surface area contributed by atoms with Crippen molar-refractivity contribution in [3.05, 3.63) is 29.8 Å². The molecule has 1 heterocycles. The van der Waals surface area contributed by atoms with Gasteiger partial charge in [-0.15, -0.1) is 0 Å². The van der Waals surface area contributed by atoms with Crippen molar-refractivity contribution in [2.75, 3.05) is 32.9 Å². The summed E-state index contributed by atoms with van der Waals surface area (Å²) in [5.74, 6) is 2.68. The van der Waals surface area contributed by atoms with E-state index < -0.39 is 0 Å². The van der Waals surface area contributed by atoms with Crippen molar-refractivity contribution in [2.45, 2.75) is 44.1 Å². The molecule has 6 heteroatoms. The van der Waals surface area contributed by atoms with E-state index in [0.717, 1.165) is 37.0 Å². The number of rotatable bonds is 5. The number of hydrogen-bond acceptors (Lipinski definition) is 4. The highest BCUT2D eigenvalue weighted by atomic mass is 16.5. The highest BCUT2D eigenvalue weighted by Crippen LogP contribution is 2.55. The standard InChI is InChI=1S/C23H30N2O4/c26-21(25-5-7-28-8-6-25)15-29-20-4-2-1-3-19(20)22(27)24-23-12-16-9-17(13-23)11-18(10-16)14-23/h1-4,16-18H,5-15H2,(H,24,27). The quantitative estimate of drug-likeness (QED) is 0.828. The molecule has 0 spiro atoms. The fourth-order valence-electron chi connectivity index (χ4n) is 6.40. The lowest BCUT2D eigenvalue weighted by Gasteiger charge is -2.56. The number of para-hydroxylation sites is 1. The third-order valence-electron chi connectivity index (χ3n) is 7.26. The minimum absolute atomic E-state index is 0.0391. The summed E-state index contributed by atoms with van der Waals surface area (Å²) in [6.45, 7) is 2.26. The van der Waals surface area contributed by atoms with Crippen molar-refractivity contribution in [1.29, 1.82) is 0 Å². The third-order valence-corrected chi connectivity index (χ3v) is 7.26. The van der Waals surface area contributed by atoms with E-state index in [1.807, 2.05) is 12.1 Å². The predicted octanol–water partition coefficient (Wildman–Crippen LogP) is 2.62. The Labute approximate surface area is 171 Å². The van der Waals surface area contributed by atoms with Crippen LogP contribution in [0, 0.1) is 17.8 Å². The van der Waals surface area contributed by atoms with Gasteiger partial charge < -0.3 is 19.7 Å². The van der Waals surface area contributed by atoms with Gasteiger partial charge >= 0.3 is 0 Å². The minimum Gasteiger partial charge on any atom is -0.483 e. The average molecular weight is 399 g/mol. The molecule has 6 rings (SSSR count). The second kappa shape index (κ2) is 7.63. The topological polar surface area (TPSA) is 67.9 Å². The molecule has 0 atom stereocenters. The highest BCUT2D eigenvalue weighted by molar-refractivity contribution is 5.97. The molecule has 29 heavy (non-hydrogen) atoms. The van der Waals surface area contributed by atoms with E-state index >= 15 is 0 Å². The first-order valence-electron chi connectivity index (χ1n) is 11.0. The number of hydrogen-bond donors (Lipinski definition) is 1. The van der Waals surface area contributed by atoms with Crippen LogP contribution in [-0.2, 0) is 9.53 Å². The third kappa shape index (κ3) is 3.87. The van der Waals surface area contributed by atoms with E-state index in [9.17, 15) is 9.59 Å². The molecular formula is C23H30N2O4. The molecule has 1 aliphatic heterocycles. The maximum absolute atomic E-state index is 13.2. The van der Waals surface area contributed by atoms with Gasteiger partial charge in [0.15, 0.2) is 6.61 Å². The SMILES string of the molecule is O=C(NC12CC3CC(CC(C3)C1)C2)c1ccccc1OCC(=O)N1CCOCC1. The Morgan fingerprint density at radius 3 is 2.31 bits per heavy atom. The van der Waals surface area contributed by atoms with Crippen LogP contribution < -0.4 is 10.1 Å². The number of carbonyl (C=O) groups is 2. The first kappa shape index (κ1) is 18.9. The van der Waals surface area contributed by atoms with Gasteiger partial charge in [0, 0.05) is 18.6 Å². The van der Waals surface area contributed by atoms with Crippen LogP contribution in [0.5, 0.6) is 5.75 Å². The van der Waals surface area contributed by atoms with Crippen LogP contribution in [0.4, 0.5) is 0 Å². The molecule has 0 aromatic heterocycles. The van der Waals surface area contributed by atoms with E-state index in [4.69, 9.17) is 9.47 Å². The zero-order valence-electron chi connectivity index (χ0n) is 16.9. The number of ether oxygens (including phenoxy) is 2. The van der Waals surface area contributed by atoms with Crippen molar-refractivity contribution >= 4 is 11.8 Å². The lowest BCUT2D eigenvalue weighted by Crippen LogP contribution is -2.59. The Kier molecular flexibility index (Phi) is 4.98. The van der Waals surface area contributed by atoms with Crippen LogP contribution in [-0.4, -0.2) is 55.2 Å². The number of morpholine rings is 1. The predicted molar refractivity (Wildman–Crippen MR) is 108 cm³/mol. The lowest BCUT2D eigenvalue weighted by molar-refractivity contribution is -0.137. The van der Waals surface area contributed by atoms with E-state index in [0.29, 0.717) is 37.6 Å². The zero-order valence-corrected chi connectivity index (χ0v) is 16.9. The maximum Gasteiger partial charge on any atom is 0.260 e. The maximum atomic E-state index is 13.2. The summed E-state index contributed by atoms with van der Waals surface area (Å²) in [5.41, 5.74) is 0.487. The normalized spacial score (nSPS) is 32.8. The van der Waals surface area contributed by atoms with Gasteiger partial charge in [0.2, 0.25) is 0 Å². The van der Waals surface area contributed by atoms with Crippen molar-refractivity contribution in [3.63, 3.8) is 0 Å². The second-order valence-corrected chi connectivity index (χ2v) is 9.43. The molecule has 0 unspecified atom stereocenters. The molecule has 1 aromatic carbocycles. The largest absolute Gasteiger partial charge is 0.483 e. The number of amides is 2. The van der Waals surface area contributed by atoms with Crippen molar-refractivity contribution in [3.8, 4) is 5.75 Å². The van der Waals surface area contributed by atoms with Gasteiger partial charge in [-0.05, 0) is 68.4 Å². The molecule has 1 saturated heterocycles. The van der Waals surface area contributed by atoms with Crippen molar-refractivity contribution in [1.82, 2.24) is 10.2 Å². The van der Waals surface area contributed by atoms with Gasteiger partial charge in [0.25, 0.3) is 11.8 Å². The average Bonchev–Trinajstić information content (AvgIpc) is 2.71. The first-order chi connectivity index (χ1) is 14.1. The number of nitrogens with zero attached hydrogens (tertiary/aromatic N) is 1. The van der Waals surface area contributed by atoms with Crippen LogP contribution >= 0.6 is 0 Å². The van der Waals surface area contributed by atoms with Crippen molar-refractivity contribution in [2.24, 2.45) is 17.8 Å². The summed E-state index contributed by atoms with van der Waals surface area (Å²) >= 11 is 0. The van der Waals surface area contributed by atoms with E-state index in [-0.39, 0.29) is 24.0 Å². The molecule has 4 bridgehead atoms. The molecule has 6 nitrogen and oxygen atoms in total. The smallest absolute Gasteiger partial charge is 0.260 e. The molecule has 4 aliphatic carbocycles. The number of carbonyl (C=O) groups excluding carboxylic acids is 2.